The van der Waals surface area contributed by atoms with E-state index in [1.807, 2.05) is 13.8 Å². The summed E-state index contributed by atoms with van der Waals surface area (Å²) < 4.78 is 0. The van der Waals surface area contributed by atoms with Crippen LogP contribution in [-0.2, 0) is 9.78 Å². The van der Waals surface area contributed by atoms with Gasteiger partial charge in [0.25, 0.3) is 0 Å². The minimum absolute atomic E-state index is 0. The van der Waals surface area contributed by atoms with Gasteiger partial charge in [-0.25, -0.2) is 9.78 Å². The molecule has 2 heteroatoms. The number of rotatable bonds is 7. The van der Waals surface area contributed by atoms with Gasteiger partial charge in [0.1, 0.15) is 0 Å². The van der Waals surface area contributed by atoms with E-state index < -0.39 is 0 Å². The maximum absolute atomic E-state index is 4.48. The molecule has 0 rings (SSSR count). The normalized spacial score (nSPS) is 10.3. The maximum Gasteiger partial charge on any atom is 0.0794 e. The lowest BCUT2D eigenvalue weighted by Crippen LogP contribution is -1.90. The van der Waals surface area contributed by atoms with E-state index in [2.05, 4.69) is 30.5 Å². The van der Waals surface area contributed by atoms with Crippen LogP contribution in [0.25, 0.3) is 0 Å². The molecular weight excluding hydrogens is 200 g/mol. The molecule has 0 amide bonds. The van der Waals surface area contributed by atoms with E-state index in [-0.39, 0.29) is 14.9 Å². The highest BCUT2D eigenvalue weighted by molar-refractivity contribution is 4.47. The van der Waals surface area contributed by atoms with Crippen LogP contribution in [0, 0.1) is 5.92 Å². The molecule has 0 aromatic carbocycles. The highest BCUT2D eigenvalue weighted by Gasteiger charge is 1.94. The SMILES string of the molecule is C.C.CCCCC(C)CC.CCOOCC. The molecule has 2 nitrogen and oxygen atoms in total. The lowest BCUT2D eigenvalue weighted by molar-refractivity contribution is -0.287. The Morgan fingerprint density at radius 1 is 0.875 bits per heavy atom. The van der Waals surface area contributed by atoms with Gasteiger partial charge in [-0.2, -0.15) is 0 Å². The summed E-state index contributed by atoms with van der Waals surface area (Å²) in [4.78, 5) is 8.97. The molecule has 0 fully saturated rings. The van der Waals surface area contributed by atoms with Gasteiger partial charge >= 0.3 is 0 Å². The molecular formula is C14H36O2. The van der Waals surface area contributed by atoms with Crippen LogP contribution in [0.3, 0.4) is 0 Å². The van der Waals surface area contributed by atoms with E-state index in [0.29, 0.717) is 13.2 Å². The van der Waals surface area contributed by atoms with Gasteiger partial charge < -0.3 is 0 Å². The summed E-state index contributed by atoms with van der Waals surface area (Å²) in [5.41, 5.74) is 0. The molecule has 0 aliphatic rings. The molecule has 0 saturated carbocycles. The summed E-state index contributed by atoms with van der Waals surface area (Å²) in [7, 11) is 0. The molecule has 0 aliphatic heterocycles. The van der Waals surface area contributed by atoms with Gasteiger partial charge in [0, 0.05) is 0 Å². The van der Waals surface area contributed by atoms with Gasteiger partial charge in [-0.15, -0.1) is 0 Å². The van der Waals surface area contributed by atoms with Gasteiger partial charge in [0.2, 0.25) is 0 Å². The van der Waals surface area contributed by atoms with Crippen molar-refractivity contribution in [2.24, 2.45) is 5.92 Å². The van der Waals surface area contributed by atoms with E-state index in [1.165, 1.54) is 25.7 Å². The third-order valence-corrected chi connectivity index (χ3v) is 2.07. The standard InChI is InChI=1S/C8H18.C4H10O2.2CH4/c1-4-6-7-8(3)5-2;1-3-5-6-4-2;;/h8H,4-7H2,1-3H3;3-4H2,1-2H3;2*1H4. The van der Waals surface area contributed by atoms with Crippen molar-refractivity contribution < 1.29 is 9.78 Å². The predicted molar refractivity (Wildman–Crippen MR) is 75.7 cm³/mol. The Bertz CT molecular complexity index is 80.8. The minimum Gasteiger partial charge on any atom is -0.237 e. The zero-order valence-corrected chi connectivity index (χ0v) is 10.6. The maximum atomic E-state index is 4.48. The Labute approximate surface area is 105 Å². The molecule has 0 aromatic heterocycles. The van der Waals surface area contributed by atoms with Crippen molar-refractivity contribution in [3.8, 4) is 0 Å². The van der Waals surface area contributed by atoms with Crippen LogP contribution in [0.2, 0.25) is 0 Å². The lowest BCUT2D eigenvalue weighted by atomic mass is 10.0. The molecule has 16 heavy (non-hydrogen) atoms. The van der Waals surface area contributed by atoms with Crippen LogP contribution < -0.4 is 0 Å². The predicted octanol–water partition coefficient (Wildman–Crippen LogP) is 5.47. The second-order valence-corrected chi connectivity index (χ2v) is 3.47. The van der Waals surface area contributed by atoms with Gasteiger partial charge in [-0.05, 0) is 19.8 Å². The molecule has 0 bridgehead atoms. The van der Waals surface area contributed by atoms with Gasteiger partial charge in [0.15, 0.2) is 0 Å². The monoisotopic (exact) mass is 236 g/mol. The first-order valence-corrected chi connectivity index (χ1v) is 5.97. The van der Waals surface area contributed by atoms with E-state index in [9.17, 15) is 0 Å². The van der Waals surface area contributed by atoms with E-state index in [1.54, 1.807) is 0 Å². The molecule has 104 valence electrons. The highest BCUT2D eigenvalue weighted by atomic mass is 17.2. The number of hydrogen-bond donors (Lipinski definition) is 0. The Balaban J connectivity index is -0.0000000825. The van der Waals surface area contributed by atoms with Crippen LogP contribution in [-0.4, -0.2) is 13.2 Å². The fourth-order valence-electron chi connectivity index (χ4n) is 0.923. The van der Waals surface area contributed by atoms with Crippen molar-refractivity contribution in [1.29, 1.82) is 0 Å². The molecule has 0 radical (unpaired) electrons. The quantitative estimate of drug-likeness (QED) is 0.331. The first-order valence-electron chi connectivity index (χ1n) is 5.97. The minimum atomic E-state index is 0. The van der Waals surface area contributed by atoms with Crippen molar-refractivity contribution in [3.63, 3.8) is 0 Å². The molecule has 0 heterocycles. The summed E-state index contributed by atoms with van der Waals surface area (Å²) in [6, 6.07) is 0. The Morgan fingerprint density at radius 3 is 1.56 bits per heavy atom. The zero-order chi connectivity index (χ0) is 11.2. The van der Waals surface area contributed by atoms with Crippen molar-refractivity contribution in [2.45, 2.75) is 75.2 Å². The molecule has 0 spiro atoms. The summed E-state index contributed by atoms with van der Waals surface area (Å²) in [6.07, 6.45) is 5.53. The van der Waals surface area contributed by atoms with Crippen LogP contribution in [0.1, 0.15) is 75.2 Å². The third kappa shape index (κ3) is 29.2. The highest BCUT2D eigenvalue weighted by Crippen LogP contribution is 2.09. The average molecular weight is 236 g/mol. The first-order chi connectivity index (χ1) is 6.72. The Kier molecular flexibility index (Phi) is 37.8. The van der Waals surface area contributed by atoms with E-state index >= 15 is 0 Å². The molecule has 0 aromatic rings. The summed E-state index contributed by atoms with van der Waals surface area (Å²) in [5.74, 6) is 0.954. The van der Waals surface area contributed by atoms with Crippen LogP contribution in [0.15, 0.2) is 0 Å². The molecule has 1 unspecified atom stereocenters. The number of unbranched alkanes of at least 4 members (excludes halogenated alkanes) is 1. The second kappa shape index (κ2) is 24.2. The van der Waals surface area contributed by atoms with Gasteiger partial charge in [0.05, 0.1) is 13.2 Å². The van der Waals surface area contributed by atoms with Crippen LogP contribution in [0.5, 0.6) is 0 Å². The van der Waals surface area contributed by atoms with Crippen molar-refractivity contribution in [3.05, 3.63) is 0 Å². The van der Waals surface area contributed by atoms with E-state index in [4.69, 9.17) is 0 Å². The van der Waals surface area contributed by atoms with E-state index in [0.717, 1.165) is 5.92 Å². The third-order valence-electron chi connectivity index (χ3n) is 2.07. The van der Waals surface area contributed by atoms with Crippen molar-refractivity contribution in [1.82, 2.24) is 0 Å². The fourth-order valence-corrected chi connectivity index (χ4v) is 0.923. The Morgan fingerprint density at radius 2 is 1.31 bits per heavy atom. The second-order valence-electron chi connectivity index (χ2n) is 3.47. The van der Waals surface area contributed by atoms with Crippen LogP contribution >= 0.6 is 0 Å². The summed E-state index contributed by atoms with van der Waals surface area (Å²) >= 11 is 0. The molecule has 0 aliphatic carbocycles. The Hall–Kier alpha value is -0.0800. The smallest absolute Gasteiger partial charge is 0.0794 e. The first kappa shape index (κ1) is 24.9. The van der Waals surface area contributed by atoms with Crippen molar-refractivity contribution >= 4 is 0 Å². The van der Waals surface area contributed by atoms with Crippen LogP contribution in [0.4, 0.5) is 0 Å². The van der Waals surface area contributed by atoms with Gasteiger partial charge in [-0.3, -0.25) is 0 Å². The fraction of sp³-hybridized carbons (Fsp3) is 1.00. The zero-order valence-electron chi connectivity index (χ0n) is 10.6. The molecule has 0 saturated heterocycles. The summed E-state index contributed by atoms with van der Waals surface area (Å²) in [6.45, 7) is 11.9. The molecule has 0 N–H and O–H groups in total. The lowest BCUT2D eigenvalue weighted by Gasteiger charge is -2.04. The van der Waals surface area contributed by atoms with Gasteiger partial charge in [-0.1, -0.05) is 61.3 Å². The average Bonchev–Trinajstić information content (AvgIpc) is 2.23. The summed E-state index contributed by atoms with van der Waals surface area (Å²) in [5, 5.41) is 0. The topological polar surface area (TPSA) is 18.5 Å². The van der Waals surface area contributed by atoms with Crippen molar-refractivity contribution in [2.75, 3.05) is 13.2 Å². The molecule has 1 atom stereocenters. The largest absolute Gasteiger partial charge is 0.237 e. The number of hydrogen-bond acceptors (Lipinski definition) is 2.